The number of amides is 2. The highest BCUT2D eigenvalue weighted by Gasteiger charge is 2.39. The highest BCUT2D eigenvalue weighted by Crippen LogP contribution is 2.33. The molecule has 0 aromatic heterocycles. The molecule has 178 valence electrons. The first-order valence-electron chi connectivity index (χ1n) is 12.0. The fraction of sp³-hybridized carbons (Fsp3) is 0.241. The number of ether oxygens (including phenoxy) is 1. The molecule has 0 bridgehead atoms. The zero-order valence-electron chi connectivity index (χ0n) is 20.1. The predicted molar refractivity (Wildman–Crippen MR) is 138 cm³/mol. The Labute approximate surface area is 205 Å². The van der Waals surface area contributed by atoms with E-state index in [4.69, 9.17) is 4.74 Å². The van der Waals surface area contributed by atoms with Gasteiger partial charge in [-0.1, -0.05) is 42.0 Å². The van der Waals surface area contributed by atoms with E-state index in [1.807, 2.05) is 55.5 Å². The van der Waals surface area contributed by atoms with E-state index in [1.165, 1.54) is 23.4 Å². The second kappa shape index (κ2) is 9.66. The monoisotopic (exact) mass is 467 g/mol. The number of anilines is 2. The van der Waals surface area contributed by atoms with E-state index in [-0.39, 0.29) is 18.4 Å². The summed E-state index contributed by atoms with van der Waals surface area (Å²) in [5, 5.41) is 3.26. The van der Waals surface area contributed by atoms with Gasteiger partial charge in [-0.25, -0.2) is 0 Å². The zero-order chi connectivity index (χ0) is 24.4. The second-order valence-corrected chi connectivity index (χ2v) is 9.03. The maximum atomic E-state index is 13.5. The summed E-state index contributed by atoms with van der Waals surface area (Å²) in [5.41, 5.74) is 5.31. The first-order chi connectivity index (χ1) is 17.0. The van der Waals surface area contributed by atoms with Gasteiger partial charge in [0.1, 0.15) is 11.4 Å². The van der Waals surface area contributed by atoms with Crippen molar-refractivity contribution in [3.63, 3.8) is 0 Å². The van der Waals surface area contributed by atoms with Crippen LogP contribution in [-0.2, 0) is 16.1 Å². The van der Waals surface area contributed by atoms with Crippen LogP contribution in [-0.4, -0.2) is 36.9 Å². The van der Waals surface area contributed by atoms with Gasteiger partial charge >= 0.3 is 0 Å². The van der Waals surface area contributed by atoms with Crippen LogP contribution in [0.15, 0.2) is 78.5 Å². The van der Waals surface area contributed by atoms with Crippen molar-refractivity contribution in [2.24, 2.45) is 0 Å². The minimum atomic E-state index is -0.329. The Bertz CT molecular complexity index is 1260. The van der Waals surface area contributed by atoms with Crippen molar-refractivity contribution >= 4 is 28.8 Å². The molecule has 5 rings (SSSR count). The summed E-state index contributed by atoms with van der Waals surface area (Å²) in [4.78, 5) is 30.7. The van der Waals surface area contributed by atoms with Crippen molar-refractivity contribution in [2.75, 3.05) is 30.4 Å². The minimum absolute atomic E-state index is 0.219. The number of hydrogen-bond donors (Lipinski definition) is 1. The van der Waals surface area contributed by atoms with E-state index < -0.39 is 0 Å². The van der Waals surface area contributed by atoms with Gasteiger partial charge in [-0.3, -0.25) is 14.5 Å². The lowest BCUT2D eigenvalue weighted by Gasteiger charge is -2.18. The molecule has 1 N–H and O–H groups in total. The Hall–Kier alpha value is -4.06. The van der Waals surface area contributed by atoms with Crippen molar-refractivity contribution in [1.82, 2.24) is 4.90 Å². The molecular formula is C29H29N3O3. The number of imide groups is 1. The summed E-state index contributed by atoms with van der Waals surface area (Å²) in [5.74, 6) is 0.0524. The van der Waals surface area contributed by atoms with Crippen LogP contribution in [0.4, 0.5) is 11.4 Å². The minimum Gasteiger partial charge on any atom is -0.497 e. The maximum absolute atomic E-state index is 13.5. The summed E-state index contributed by atoms with van der Waals surface area (Å²) in [6.07, 6.45) is 2.43. The summed E-state index contributed by atoms with van der Waals surface area (Å²) in [6, 6.07) is 23.1. The molecule has 2 amide bonds. The van der Waals surface area contributed by atoms with Gasteiger partial charge in [-0.2, -0.15) is 0 Å². The number of rotatable bonds is 7. The lowest BCUT2D eigenvalue weighted by Crippen LogP contribution is -2.32. The Morgan fingerprint density at radius 3 is 2.11 bits per heavy atom. The maximum Gasteiger partial charge on any atom is 0.278 e. The molecule has 0 spiro atoms. The largest absolute Gasteiger partial charge is 0.497 e. The highest BCUT2D eigenvalue weighted by molar-refractivity contribution is 6.36. The molecule has 3 aromatic carbocycles. The van der Waals surface area contributed by atoms with Crippen LogP contribution in [0, 0.1) is 6.92 Å². The first-order valence-corrected chi connectivity index (χ1v) is 12.0. The Morgan fingerprint density at radius 2 is 1.49 bits per heavy atom. The lowest BCUT2D eigenvalue weighted by molar-refractivity contribution is -0.137. The summed E-state index contributed by atoms with van der Waals surface area (Å²) < 4.78 is 5.27. The molecule has 0 atom stereocenters. The standard InChI is InChI=1S/C29H29N3O3/c1-20-5-7-21(8-6-20)19-32-28(33)26(22-9-15-25(35-2)16-10-22)27(29(32)34)30-23-11-13-24(14-12-23)31-17-3-4-18-31/h5-16,30H,3-4,17-19H2,1-2H3. The second-order valence-electron chi connectivity index (χ2n) is 9.03. The van der Waals surface area contributed by atoms with E-state index in [2.05, 4.69) is 22.3 Å². The Balaban J connectivity index is 1.46. The van der Waals surface area contributed by atoms with Crippen LogP contribution in [0.1, 0.15) is 29.5 Å². The van der Waals surface area contributed by atoms with Gasteiger partial charge < -0.3 is 15.0 Å². The molecule has 0 saturated carbocycles. The number of benzene rings is 3. The van der Waals surface area contributed by atoms with E-state index in [0.29, 0.717) is 22.6 Å². The van der Waals surface area contributed by atoms with Gasteiger partial charge in [0.2, 0.25) is 0 Å². The van der Waals surface area contributed by atoms with E-state index in [0.717, 1.165) is 29.9 Å². The summed E-state index contributed by atoms with van der Waals surface area (Å²) >= 11 is 0. The van der Waals surface area contributed by atoms with Gasteiger partial charge in [0, 0.05) is 24.5 Å². The molecule has 6 nitrogen and oxygen atoms in total. The third kappa shape index (κ3) is 4.64. The average molecular weight is 468 g/mol. The fourth-order valence-electron chi connectivity index (χ4n) is 4.61. The third-order valence-electron chi connectivity index (χ3n) is 6.62. The van der Waals surface area contributed by atoms with Crippen LogP contribution < -0.4 is 15.0 Å². The number of nitrogens with one attached hydrogen (secondary N) is 1. The van der Waals surface area contributed by atoms with Gasteiger partial charge in [0.15, 0.2) is 0 Å². The molecule has 2 aliphatic heterocycles. The number of hydrogen-bond acceptors (Lipinski definition) is 5. The molecule has 2 aliphatic rings. The molecular weight excluding hydrogens is 438 g/mol. The molecule has 3 aromatic rings. The SMILES string of the molecule is COc1ccc(C2=C(Nc3ccc(N4CCCC4)cc3)C(=O)N(Cc3ccc(C)cc3)C2=O)cc1. The van der Waals surface area contributed by atoms with Crippen LogP contribution in [0.25, 0.3) is 5.57 Å². The predicted octanol–water partition coefficient (Wildman–Crippen LogP) is 5.00. The molecule has 35 heavy (non-hydrogen) atoms. The number of carbonyl (C=O) groups excluding carboxylic acids is 2. The molecule has 0 unspecified atom stereocenters. The van der Waals surface area contributed by atoms with Crippen molar-refractivity contribution in [3.05, 3.63) is 95.2 Å². The van der Waals surface area contributed by atoms with Gasteiger partial charge in [0.25, 0.3) is 11.8 Å². The summed E-state index contributed by atoms with van der Waals surface area (Å²) in [6.45, 7) is 4.37. The average Bonchev–Trinajstić information content (AvgIpc) is 3.50. The number of aryl methyl sites for hydroxylation is 1. The van der Waals surface area contributed by atoms with Crippen LogP contribution in [0.3, 0.4) is 0 Å². The molecule has 0 radical (unpaired) electrons. The zero-order valence-corrected chi connectivity index (χ0v) is 20.1. The van der Waals surface area contributed by atoms with Crippen molar-refractivity contribution < 1.29 is 14.3 Å². The smallest absolute Gasteiger partial charge is 0.278 e. The van der Waals surface area contributed by atoms with Gasteiger partial charge in [0.05, 0.1) is 19.2 Å². The van der Waals surface area contributed by atoms with Crippen molar-refractivity contribution in [3.8, 4) is 5.75 Å². The van der Waals surface area contributed by atoms with E-state index >= 15 is 0 Å². The molecule has 1 saturated heterocycles. The number of carbonyl (C=O) groups is 2. The Morgan fingerprint density at radius 1 is 0.829 bits per heavy atom. The molecule has 0 aliphatic carbocycles. The van der Waals surface area contributed by atoms with Crippen molar-refractivity contribution in [1.29, 1.82) is 0 Å². The van der Waals surface area contributed by atoms with Gasteiger partial charge in [-0.05, 0) is 67.3 Å². The quantitative estimate of drug-likeness (QED) is 0.496. The van der Waals surface area contributed by atoms with Crippen LogP contribution in [0.5, 0.6) is 5.75 Å². The molecule has 1 fully saturated rings. The summed E-state index contributed by atoms with van der Waals surface area (Å²) in [7, 11) is 1.60. The molecule has 6 heteroatoms. The topological polar surface area (TPSA) is 61.9 Å². The van der Waals surface area contributed by atoms with Crippen LogP contribution in [0.2, 0.25) is 0 Å². The van der Waals surface area contributed by atoms with Gasteiger partial charge in [-0.15, -0.1) is 0 Å². The fourth-order valence-corrected chi connectivity index (χ4v) is 4.61. The molecule has 2 heterocycles. The normalized spacial score (nSPS) is 15.8. The highest BCUT2D eigenvalue weighted by atomic mass is 16.5. The lowest BCUT2D eigenvalue weighted by atomic mass is 10.0. The Kier molecular flexibility index (Phi) is 6.27. The number of nitrogens with zero attached hydrogens (tertiary/aromatic N) is 2. The van der Waals surface area contributed by atoms with E-state index in [9.17, 15) is 9.59 Å². The third-order valence-corrected chi connectivity index (χ3v) is 6.62. The van der Waals surface area contributed by atoms with Crippen molar-refractivity contribution in [2.45, 2.75) is 26.3 Å². The van der Waals surface area contributed by atoms with Crippen LogP contribution >= 0.6 is 0 Å². The number of methoxy groups -OCH3 is 1. The first kappa shape index (κ1) is 22.7. The van der Waals surface area contributed by atoms with E-state index in [1.54, 1.807) is 19.2 Å².